The van der Waals surface area contributed by atoms with E-state index in [9.17, 15) is 13.2 Å². The van der Waals surface area contributed by atoms with E-state index in [1.54, 1.807) is 18.3 Å². The van der Waals surface area contributed by atoms with Crippen molar-refractivity contribution >= 4 is 43.7 Å². The van der Waals surface area contributed by atoms with Crippen LogP contribution in [0, 0.1) is 6.92 Å². The van der Waals surface area contributed by atoms with E-state index < -0.39 is 15.9 Å². The molecule has 0 unspecified atom stereocenters. The van der Waals surface area contributed by atoms with Crippen LogP contribution in [0.3, 0.4) is 0 Å². The van der Waals surface area contributed by atoms with Gasteiger partial charge in [-0.3, -0.25) is 10.1 Å². The highest BCUT2D eigenvalue weighted by Crippen LogP contribution is 2.19. The molecule has 0 fully saturated rings. The van der Waals surface area contributed by atoms with Crippen LogP contribution >= 0.6 is 22.7 Å². The molecule has 0 aliphatic carbocycles. The third-order valence-corrected chi connectivity index (χ3v) is 6.37. The molecular formula is C16H15N3O3S3. The summed E-state index contributed by atoms with van der Waals surface area (Å²) in [6.45, 7) is 2.11. The molecule has 0 aliphatic rings. The van der Waals surface area contributed by atoms with E-state index in [1.165, 1.54) is 34.8 Å². The van der Waals surface area contributed by atoms with Gasteiger partial charge in [0.2, 0.25) is 10.0 Å². The van der Waals surface area contributed by atoms with E-state index in [4.69, 9.17) is 0 Å². The van der Waals surface area contributed by atoms with Crippen molar-refractivity contribution in [3.63, 3.8) is 0 Å². The first-order valence-corrected chi connectivity index (χ1v) is 10.5. The minimum Gasteiger partial charge on any atom is -0.298 e. The van der Waals surface area contributed by atoms with Gasteiger partial charge in [0.25, 0.3) is 5.91 Å². The monoisotopic (exact) mass is 393 g/mol. The van der Waals surface area contributed by atoms with Gasteiger partial charge in [0.05, 0.1) is 4.90 Å². The summed E-state index contributed by atoms with van der Waals surface area (Å²) in [7, 11) is -3.70. The number of rotatable bonds is 6. The number of hydrogen-bond acceptors (Lipinski definition) is 6. The molecule has 9 heteroatoms. The molecule has 0 saturated carbocycles. The summed E-state index contributed by atoms with van der Waals surface area (Å²) in [5.74, 6) is -0.398. The maximum absolute atomic E-state index is 12.4. The van der Waals surface area contributed by atoms with Crippen molar-refractivity contribution in [1.82, 2.24) is 9.71 Å². The number of amides is 1. The summed E-state index contributed by atoms with van der Waals surface area (Å²) in [6, 6.07) is 9.64. The van der Waals surface area contributed by atoms with Crippen molar-refractivity contribution in [2.75, 3.05) is 5.32 Å². The summed E-state index contributed by atoms with van der Waals surface area (Å²) < 4.78 is 27.4. The fraction of sp³-hybridized carbons (Fsp3) is 0.125. The van der Waals surface area contributed by atoms with Crippen LogP contribution in [0.1, 0.15) is 20.1 Å². The molecule has 3 aromatic rings. The average molecular weight is 394 g/mol. The second-order valence-corrected chi connectivity index (χ2v) is 9.20. The SMILES string of the molecule is Cc1cnc(NC(=O)c2cccc(S(=O)(=O)NCc3cccs3)c2)s1. The van der Waals surface area contributed by atoms with Gasteiger partial charge in [0.15, 0.2) is 5.13 Å². The Balaban J connectivity index is 1.74. The summed E-state index contributed by atoms with van der Waals surface area (Å²) in [6.07, 6.45) is 1.66. The van der Waals surface area contributed by atoms with Gasteiger partial charge in [-0.25, -0.2) is 18.1 Å². The highest BCUT2D eigenvalue weighted by atomic mass is 32.2. The summed E-state index contributed by atoms with van der Waals surface area (Å²) >= 11 is 2.83. The Morgan fingerprint density at radius 1 is 1.24 bits per heavy atom. The van der Waals surface area contributed by atoms with Gasteiger partial charge in [-0.15, -0.1) is 22.7 Å². The lowest BCUT2D eigenvalue weighted by atomic mass is 10.2. The molecule has 1 aromatic carbocycles. The second-order valence-electron chi connectivity index (χ2n) is 5.16. The minimum absolute atomic E-state index is 0.0482. The molecule has 2 N–H and O–H groups in total. The third-order valence-electron chi connectivity index (χ3n) is 3.26. The van der Waals surface area contributed by atoms with Crippen molar-refractivity contribution in [3.8, 4) is 0 Å². The first-order valence-electron chi connectivity index (χ1n) is 7.30. The van der Waals surface area contributed by atoms with Crippen molar-refractivity contribution < 1.29 is 13.2 Å². The number of sulfonamides is 1. The zero-order valence-electron chi connectivity index (χ0n) is 13.2. The fourth-order valence-electron chi connectivity index (χ4n) is 2.05. The first-order chi connectivity index (χ1) is 11.9. The Labute approximate surface area is 153 Å². The number of benzene rings is 1. The van der Waals surface area contributed by atoms with Crippen molar-refractivity contribution in [2.24, 2.45) is 0 Å². The Hall–Kier alpha value is -2.07. The molecule has 3 rings (SSSR count). The van der Waals surface area contributed by atoms with Gasteiger partial charge in [-0.2, -0.15) is 0 Å². The van der Waals surface area contributed by atoms with Gasteiger partial charge in [0, 0.05) is 28.1 Å². The van der Waals surface area contributed by atoms with Gasteiger partial charge < -0.3 is 0 Å². The fourth-order valence-corrected chi connectivity index (χ4v) is 4.50. The molecule has 0 atom stereocenters. The average Bonchev–Trinajstić information content (AvgIpc) is 3.25. The summed E-state index contributed by atoms with van der Waals surface area (Å²) in [5, 5.41) is 5.03. The summed E-state index contributed by atoms with van der Waals surface area (Å²) in [5.41, 5.74) is 0.256. The molecule has 130 valence electrons. The lowest BCUT2D eigenvalue weighted by Crippen LogP contribution is -2.23. The molecule has 6 nitrogen and oxygen atoms in total. The zero-order valence-corrected chi connectivity index (χ0v) is 15.7. The standard InChI is InChI=1S/C16H15N3O3S3/c1-11-9-17-16(24-11)19-15(20)12-4-2-6-14(8-12)25(21,22)18-10-13-5-3-7-23-13/h2-9,18H,10H2,1H3,(H,17,19,20). The number of nitrogens with zero attached hydrogens (tertiary/aromatic N) is 1. The lowest BCUT2D eigenvalue weighted by molar-refractivity contribution is 0.102. The number of aromatic nitrogens is 1. The van der Waals surface area contributed by atoms with E-state index in [-0.39, 0.29) is 17.0 Å². The van der Waals surface area contributed by atoms with Crippen LogP contribution < -0.4 is 10.0 Å². The number of thiazole rings is 1. The smallest absolute Gasteiger partial charge is 0.257 e. The maximum atomic E-state index is 12.4. The van der Waals surface area contributed by atoms with Crippen molar-refractivity contribution in [2.45, 2.75) is 18.4 Å². The molecule has 2 aromatic heterocycles. The molecule has 0 radical (unpaired) electrons. The van der Waals surface area contributed by atoms with Crippen LogP contribution in [-0.2, 0) is 16.6 Å². The van der Waals surface area contributed by atoms with Crippen LogP contribution in [0.25, 0.3) is 0 Å². The zero-order chi connectivity index (χ0) is 17.9. The number of carbonyl (C=O) groups excluding carboxylic acids is 1. The highest BCUT2D eigenvalue weighted by Gasteiger charge is 2.17. The Bertz CT molecular complexity index is 979. The molecular weight excluding hydrogens is 378 g/mol. The Kier molecular flexibility index (Phi) is 5.28. The van der Waals surface area contributed by atoms with E-state index in [0.29, 0.717) is 5.13 Å². The van der Waals surface area contributed by atoms with E-state index in [2.05, 4.69) is 15.0 Å². The number of aryl methyl sites for hydroxylation is 1. The molecule has 0 bridgehead atoms. The molecule has 2 heterocycles. The maximum Gasteiger partial charge on any atom is 0.257 e. The normalized spacial score (nSPS) is 11.4. The number of hydrogen-bond donors (Lipinski definition) is 2. The Morgan fingerprint density at radius 2 is 2.08 bits per heavy atom. The molecule has 0 aliphatic heterocycles. The van der Waals surface area contributed by atoms with E-state index >= 15 is 0 Å². The predicted octanol–water partition coefficient (Wildman–Crippen LogP) is 3.24. The second kappa shape index (κ2) is 7.44. The first kappa shape index (κ1) is 17.7. The van der Waals surface area contributed by atoms with Crippen LogP contribution in [0.4, 0.5) is 5.13 Å². The molecule has 1 amide bonds. The quantitative estimate of drug-likeness (QED) is 0.673. The lowest BCUT2D eigenvalue weighted by Gasteiger charge is -2.08. The molecule has 25 heavy (non-hydrogen) atoms. The summed E-state index contributed by atoms with van der Waals surface area (Å²) in [4.78, 5) is 18.3. The van der Waals surface area contributed by atoms with Crippen molar-refractivity contribution in [1.29, 1.82) is 0 Å². The van der Waals surface area contributed by atoms with Crippen LogP contribution in [-0.4, -0.2) is 19.3 Å². The number of thiophene rings is 1. The predicted molar refractivity (Wildman–Crippen MR) is 99.6 cm³/mol. The number of nitrogens with one attached hydrogen (secondary N) is 2. The van der Waals surface area contributed by atoms with Crippen LogP contribution in [0.5, 0.6) is 0 Å². The van der Waals surface area contributed by atoms with Gasteiger partial charge in [0.1, 0.15) is 0 Å². The van der Waals surface area contributed by atoms with Gasteiger partial charge >= 0.3 is 0 Å². The third kappa shape index (κ3) is 4.51. The van der Waals surface area contributed by atoms with E-state index in [0.717, 1.165) is 9.75 Å². The largest absolute Gasteiger partial charge is 0.298 e. The topological polar surface area (TPSA) is 88.2 Å². The van der Waals surface area contributed by atoms with Crippen molar-refractivity contribution in [3.05, 3.63) is 63.3 Å². The number of carbonyl (C=O) groups is 1. The molecule has 0 spiro atoms. The minimum atomic E-state index is -3.70. The van der Waals surface area contributed by atoms with E-state index in [1.807, 2.05) is 24.4 Å². The van der Waals surface area contributed by atoms with Crippen LogP contribution in [0.2, 0.25) is 0 Å². The Morgan fingerprint density at radius 3 is 2.76 bits per heavy atom. The van der Waals surface area contributed by atoms with Crippen LogP contribution in [0.15, 0.2) is 52.9 Å². The van der Waals surface area contributed by atoms with Gasteiger partial charge in [-0.1, -0.05) is 12.1 Å². The van der Waals surface area contributed by atoms with Gasteiger partial charge in [-0.05, 0) is 36.6 Å². The number of anilines is 1. The highest BCUT2D eigenvalue weighted by molar-refractivity contribution is 7.89. The molecule has 0 saturated heterocycles.